The minimum absolute atomic E-state index is 0.492. The maximum atomic E-state index is 5.78. The molecule has 0 bridgehead atoms. The number of ether oxygens (including phenoxy) is 1. The van der Waals surface area contributed by atoms with Gasteiger partial charge in [-0.3, -0.25) is 5.10 Å². The van der Waals surface area contributed by atoms with Gasteiger partial charge in [0.2, 0.25) is 5.88 Å². The van der Waals surface area contributed by atoms with Crippen LogP contribution in [0.2, 0.25) is 0 Å². The number of benzene rings is 1. The van der Waals surface area contributed by atoms with Gasteiger partial charge < -0.3 is 10.5 Å². The van der Waals surface area contributed by atoms with Crippen LogP contribution in [0.15, 0.2) is 30.6 Å². The van der Waals surface area contributed by atoms with E-state index in [1.165, 1.54) is 6.33 Å². The third-order valence-electron chi connectivity index (χ3n) is 2.68. The number of nitrogens with two attached hydrogens (primary N) is 1. The van der Waals surface area contributed by atoms with Crippen molar-refractivity contribution in [2.75, 3.05) is 12.8 Å². The van der Waals surface area contributed by atoms with E-state index in [0.29, 0.717) is 17.2 Å². The van der Waals surface area contributed by atoms with E-state index in [4.69, 9.17) is 10.5 Å². The molecule has 3 N–H and O–H groups in total. The third kappa shape index (κ3) is 1.55. The highest BCUT2D eigenvalue weighted by molar-refractivity contribution is 5.94. The fourth-order valence-electron chi connectivity index (χ4n) is 1.88. The van der Waals surface area contributed by atoms with Crippen molar-refractivity contribution >= 4 is 16.7 Å². The Labute approximate surface area is 103 Å². The second-order valence-corrected chi connectivity index (χ2v) is 3.80. The molecule has 0 aliphatic heterocycles. The van der Waals surface area contributed by atoms with Crippen molar-refractivity contribution in [3.63, 3.8) is 0 Å². The van der Waals surface area contributed by atoms with Gasteiger partial charge in [0.25, 0.3) is 0 Å². The predicted octanol–water partition coefficient (Wildman–Crippen LogP) is 1.61. The Morgan fingerprint density at radius 1 is 1.28 bits per heavy atom. The van der Waals surface area contributed by atoms with Gasteiger partial charge in [0.1, 0.15) is 17.4 Å². The Morgan fingerprint density at radius 3 is 2.94 bits per heavy atom. The van der Waals surface area contributed by atoms with E-state index in [0.717, 1.165) is 16.6 Å². The Bertz CT molecular complexity index is 707. The van der Waals surface area contributed by atoms with Crippen LogP contribution in [0, 0.1) is 0 Å². The number of fused-ring (bicyclic) bond motifs is 1. The molecule has 3 rings (SSSR count). The van der Waals surface area contributed by atoms with E-state index >= 15 is 0 Å². The number of nitrogens with one attached hydrogen (secondary N) is 1. The summed E-state index contributed by atoms with van der Waals surface area (Å²) in [4.78, 5) is 8.20. The van der Waals surface area contributed by atoms with E-state index in [1.54, 1.807) is 7.11 Å². The number of methoxy groups -OCH3 is 1. The second-order valence-electron chi connectivity index (χ2n) is 3.80. The highest BCUT2D eigenvalue weighted by atomic mass is 16.5. The summed E-state index contributed by atoms with van der Waals surface area (Å²) in [5, 5.41) is 7.87. The van der Waals surface area contributed by atoms with Gasteiger partial charge in [-0.05, 0) is 12.1 Å². The van der Waals surface area contributed by atoms with Crippen LogP contribution in [-0.2, 0) is 0 Å². The number of H-pyrrole nitrogens is 1. The molecule has 0 spiro atoms. The summed E-state index contributed by atoms with van der Waals surface area (Å²) in [7, 11) is 1.57. The van der Waals surface area contributed by atoms with E-state index in [2.05, 4.69) is 20.2 Å². The molecule has 6 nitrogen and oxygen atoms in total. The van der Waals surface area contributed by atoms with E-state index < -0.39 is 0 Å². The highest BCUT2D eigenvalue weighted by Crippen LogP contribution is 2.31. The van der Waals surface area contributed by atoms with Crippen molar-refractivity contribution < 1.29 is 4.74 Å². The Balaban J connectivity index is 2.30. The van der Waals surface area contributed by atoms with Crippen LogP contribution < -0.4 is 10.5 Å². The molecule has 0 atom stereocenters. The molecule has 0 saturated carbocycles. The molecule has 1 aromatic carbocycles. The van der Waals surface area contributed by atoms with Gasteiger partial charge in [-0.1, -0.05) is 12.1 Å². The first-order valence-corrected chi connectivity index (χ1v) is 5.38. The smallest absolute Gasteiger partial charge is 0.228 e. The predicted molar refractivity (Wildman–Crippen MR) is 68.1 cm³/mol. The largest absolute Gasteiger partial charge is 0.480 e. The summed E-state index contributed by atoms with van der Waals surface area (Å²) in [6.07, 6.45) is 1.43. The average Bonchev–Trinajstić information content (AvgIpc) is 2.82. The topological polar surface area (TPSA) is 89.7 Å². The number of anilines is 1. The quantitative estimate of drug-likeness (QED) is 0.665. The number of aromatic nitrogens is 4. The maximum Gasteiger partial charge on any atom is 0.228 e. The molecule has 0 aliphatic carbocycles. The molecule has 0 unspecified atom stereocenters. The number of nitrogen functional groups attached to an aromatic ring is 1. The summed E-state index contributed by atoms with van der Waals surface area (Å²) in [5.41, 5.74) is 8.73. The lowest BCUT2D eigenvalue weighted by Gasteiger charge is -2.02. The van der Waals surface area contributed by atoms with Gasteiger partial charge in [0, 0.05) is 11.3 Å². The summed E-state index contributed by atoms with van der Waals surface area (Å²) in [6, 6.07) is 7.48. The SMILES string of the molecule is COc1ncnc2[nH]nc(-c3cccc(N)c3)c12. The molecule has 2 aromatic heterocycles. The Hall–Kier alpha value is -2.63. The number of rotatable bonds is 2. The molecule has 6 heteroatoms. The first kappa shape index (κ1) is 10.5. The van der Waals surface area contributed by atoms with Crippen LogP contribution in [0.1, 0.15) is 0 Å². The Morgan fingerprint density at radius 2 is 2.17 bits per heavy atom. The highest BCUT2D eigenvalue weighted by Gasteiger charge is 2.14. The third-order valence-corrected chi connectivity index (χ3v) is 2.68. The fraction of sp³-hybridized carbons (Fsp3) is 0.0833. The fourth-order valence-corrected chi connectivity index (χ4v) is 1.88. The van der Waals surface area contributed by atoms with Gasteiger partial charge in [-0.15, -0.1) is 0 Å². The molecule has 0 saturated heterocycles. The molecule has 0 fully saturated rings. The van der Waals surface area contributed by atoms with Gasteiger partial charge >= 0.3 is 0 Å². The average molecular weight is 241 g/mol. The van der Waals surface area contributed by atoms with Crippen molar-refractivity contribution in [3.8, 4) is 17.1 Å². The molecule has 2 heterocycles. The molecule has 3 aromatic rings. The van der Waals surface area contributed by atoms with Crippen molar-refractivity contribution in [2.45, 2.75) is 0 Å². The van der Waals surface area contributed by atoms with Gasteiger partial charge in [0.05, 0.1) is 7.11 Å². The van der Waals surface area contributed by atoms with Crippen LogP contribution in [0.25, 0.3) is 22.3 Å². The van der Waals surface area contributed by atoms with Crippen LogP contribution in [-0.4, -0.2) is 27.3 Å². The lowest BCUT2D eigenvalue weighted by atomic mass is 10.1. The van der Waals surface area contributed by atoms with Crippen LogP contribution in [0.5, 0.6) is 5.88 Å². The zero-order valence-corrected chi connectivity index (χ0v) is 9.71. The zero-order valence-electron chi connectivity index (χ0n) is 9.71. The van der Waals surface area contributed by atoms with Crippen LogP contribution >= 0.6 is 0 Å². The maximum absolute atomic E-state index is 5.78. The standard InChI is InChI=1S/C12H11N5O/c1-18-12-9-10(7-3-2-4-8(13)5-7)16-17-11(9)14-6-15-12/h2-6H,13H2,1H3,(H,14,15,16,17). The molecular weight excluding hydrogens is 230 g/mol. The van der Waals surface area contributed by atoms with Crippen molar-refractivity contribution in [1.29, 1.82) is 0 Å². The monoisotopic (exact) mass is 241 g/mol. The number of hydrogen-bond acceptors (Lipinski definition) is 5. The molecule has 18 heavy (non-hydrogen) atoms. The molecule has 0 amide bonds. The summed E-state index contributed by atoms with van der Waals surface area (Å²) in [5.74, 6) is 0.492. The normalized spacial score (nSPS) is 10.7. The van der Waals surface area contributed by atoms with E-state index in [1.807, 2.05) is 24.3 Å². The second kappa shape index (κ2) is 3.99. The summed E-state index contributed by atoms with van der Waals surface area (Å²) < 4.78 is 5.24. The van der Waals surface area contributed by atoms with Crippen LogP contribution in [0.3, 0.4) is 0 Å². The van der Waals surface area contributed by atoms with Crippen molar-refractivity contribution in [2.24, 2.45) is 0 Å². The first-order valence-electron chi connectivity index (χ1n) is 5.38. The zero-order chi connectivity index (χ0) is 12.5. The lowest BCUT2D eigenvalue weighted by molar-refractivity contribution is 0.402. The molecule has 90 valence electrons. The van der Waals surface area contributed by atoms with E-state index in [-0.39, 0.29) is 0 Å². The van der Waals surface area contributed by atoms with Crippen molar-refractivity contribution in [3.05, 3.63) is 30.6 Å². The summed E-state index contributed by atoms with van der Waals surface area (Å²) in [6.45, 7) is 0. The number of nitrogens with zero attached hydrogens (tertiary/aromatic N) is 3. The lowest BCUT2D eigenvalue weighted by Crippen LogP contribution is -1.91. The summed E-state index contributed by atoms with van der Waals surface area (Å²) >= 11 is 0. The van der Waals surface area contributed by atoms with Crippen molar-refractivity contribution in [1.82, 2.24) is 20.2 Å². The minimum atomic E-state index is 0.492. The van der Waals surface area contributed by atoms with Crippen LogP contribution in [0.4, 0.5) is 5.69 Å². The Kier molecular flexibility index (Phi) is 2.33. The molecule has 0 radical (unpaired) electrons. The molecular formula is C12H11N5O. The van der Waals surface area contributed by atoms with Gasteiger partial charge in [-0.25, -0.2) is 9.97 Å². The minimum Gasteiger partial charge on any atom is -0.480 e. The number of hydrogen-bond donors (Lipinski definition) is 2. The number of aromatic amines is 1. The van der Waals surface area contributed by atoms with Gasteiger partial charge in [-0.2, -0.15) is 5.10 Å². The first-order chi connectivity index (χ1) is 8.79. The van der Waals surface area contributed by atoms with Gasteiger partial charge in [0.15, 0.2) is 5.65 Å². The van der Waals surface area contributed by atoms with E-state index in [9.17, 15) is 0 Å². The molecule has 0 aliphatic rings.